The second-order valence-electron chi connectivity index (χ2n) is 4.17. The van der Waals surface area contributed by atoms with Gasteiger partial charge in [0.25, 0.3) is 5.91 Å². The Bertz CT molecular complexity index is 611. The summed E-state index contributed by atoms with van der Waals surface area (Å²) >= 11 is 5.93. The van der Waals surface area contributed by atoms with E-state index in [1.165, 1.54) is 0 Å². The molecule has 3 N–H and O–H groups in total. The fraction of sp³-hybridized carbons (Fsp3) is 0.143. The molecular formula is C14H14ClN3O2. The molecule has 0 radical (unpaired) electrons. The summed E-state index contributed by atoms with van der Waals surface area (Å²) in [6.45, 7) is 1.68. The minimum atomic E-state index is -0.328. The number of para-hydroxylation sites is 2. The number of nitrogens with one attached hydrogen (secondary N) is 1. The predicted molar refractivity (Wildman–Crippen MR) is 79.0 cm³/mol. The molecule has 0 aliphatic carbocycles. The van der Waals surface area contributed by atoms with Gasteiger partial charge in [0.15, 0.2) is 11.8 Å². The van der Waals surface area contributed by atoms with E-state index in [1.54, 1.807) is 36.5 Å². The van der Waals surface area contributed by atoms with Crippen LogP contribution in [0, 0.1) is 6.92 Å². The van der Waals surface area contributed by atoms with E-state index in [9.17, 15) is 4.79 Å². The van der Waals surface area contributed by atoms with E-state index >= 15 is 0 Å². The van der Waals surface area contributed by atoms with Crippen molar-refractivity contribution in [2.75, 3.05) is 17.7 Å². The van der Waals surface area contributed by atoms with Gasteiger partial charge in [0.05, 0.1) is 11.4 Å². The molecule has 2 rings (SSSR count). The molecule has 0 aliphatic rings. The van der Waals surface area contributed by atoms with Crippen LogP contribution in [0.15, 0.2) is 36.5 Å². The van der Waals surface area contributed by atoms with Gasteiger partial charge in [0, 0.05) is 6.20 Å². The third-order valence-electron chi connectivity index (χ3n) is 2.66. The number of pyridine rings is 1. The lowest BCUT2D eigenvalue weighted by molar-refractivity contribution is -0.118. The minimum Gasteiger partial charge on any atom is -0.482 e. The van der Waals surface area contributed by atoms with Gasteiger partial charge in [0.1, 0.15) is 5.75 Å². The van der Waals surface area contributed by atoms with Crippen LogP contribution in [0.3, 0.4) is 0 Å². The number of rotatable bonds is 4. The Kier molecular flexibility index (Phi) is 4.42. The largest absolute Gasteiger partial charge is 0.482 e. The zero-order chi connectivity index (χ0) is 14.5. The lowest BCUT2D eigenvalue weighted by Gasteiger charge is -2.11. The minimum absolute atomic E-state index is 0.154. The van der Waals surface area contributed by atoms with Crippen LogP contribution < -0.4 is 15.8 Å². The highest BCUT2D eigenvalue weighted by atomic mass is 35.5. The highest BCUT2D eigenvalue weighted by molar-refractivity contribution is 6.32. The number of anilines is 2. The van der Waals surface area contributed by atoms with E-state index in [0.29, 0.717) is 17.1 Å². The standard InChI is InChI=1S/C14H14ClN3O2/c1-9-6-7-17-14(15)13(9)18-12(19)8-20-11-5-3-2-4-10(11)16/h2-7H,8,16H2,1H3,(H,18,19). The molecule has 0 fully saturated rings. The molecule has 0 bridgehead atoms. The molecule has 1 aromatic heterocycles. The molecule has 0 spiro atoms. The smallest absolute Gasteiger partial charge is 0.262 e. The van der Waals surface area contributed by atoms with Crippen LogP contribution in [-0.2, 0) is 4.79 Å². The van der Waals surface area contributed by atoms with Crippen LogP contribution in [0.1, 0.15) is 5.56 Å². The molecule has 0 saturated carbocycles. The predicted octanol–water partition coefficient (Wildman–Crippen LogP) is 2.64. The van der Waals surface area contributed by atoms with E-state index in [1.807, 2.05) is 6.92 Å². The van der Waals surface area contributed by atoms with Crippen LogP contribution in [0.4, 0.5) is 11.4 Å². The van der Waals surface area contributed by atoms with Crippen LogP contribution in [0.5, 0.6) is 5.75 Å². The molecule has 104 valence electrons. The maximum absolute atomic E-state index is 11.8. The summed E-state index contributed by atoms with van der Waals surface area (Å²) < 4.78 is 5.35. The number of nitrogens with two attached hydrogens (primary N) is 1. The molecule has 0 aliphatic heterocycles. The number of nitrogens with zero attached hydrogens (tertiary/aromatic N) is 1. The number of aromatic nitrogens is 1. The Balaban J connectivity index is 1.98. The van der Waals surface area contributed by atoms with E-state index in [4.69, 9.17) is 22.1 Å². The summed E-state index contributed by atoms with van der Waals surface area (Å²) in [7, 11) is 0. The molecule has 0 unspecified atom stereocenters. The van der Waals surface area contributed by atoms with Crippen LogP contribution in [0.25, 0.3) is 0 Å². The maximum atomic E-state index is 11.8. The first kappa shape index (κ1) is 14.1. The molecular weight excluding hydrogens is 278 g/mol. The van der Waals surface area contributed by atoms with Crippen molar-refractivity contribution in [2.24, 2.45) is 0 Å². The van der Waals surface area contributed by atoms with Gasteiger partial charge in [-0.15, -0.1) is 0 Å². The van der Waals surface area contributed by atoms with E-state index in [2.05, 4.69) is 10.3 Å². The highest BCUT2D eigenvalue weighted by Gasteiger charge is 2.10. The first-order valence-corrected chi connectivity index (χ1v) is 6.34. The third kappa shape index (κ3) is 3.39. The van der Waals surface area contributed by atoms with Gasteiger partial charge in [-0.05, 0) is 30.7 Å². The second kappa shape index (κ2) is 6.25. The summed E-state index contributed by atoms with van der Waals surface area (Å²) in [4.78, 5) is 15.8. The van der Waals surface area contributed by atoms with Crippen LogP contribution >= 0.6 is 11.6 Å². The van der Waals surface area contributed by atoms with Gasteiger partial charge in [0.2, 0.25) is 0 Å². The summed E-state index contributed by atoms with van der Waals surface area (Å²) in [6.07, 6.45) is 1.58. The highest BCUT2D eigenvalue weighted by Crippen LogP contribution is 2.23. The third-order valence-corrected chi connectivity index (χ3v) is 2.94. The number of carbonyl (C=O) groups is 1. The number of halogens is 1. The number of benzene rings is 1. The fourth-order valence-electron chi connectivity index (χ4n) is 1.61. The topological polar surface area (TPSA) is 77.2 Å². The van der Waals surface area contributed by atoms with E-state index < -0.39 is 0 Å². The molecule has 1 aromatic carbocycles. The van der Waals surface area contributed by atoms with Crippen molar-refractivity contribution in [1.29, 1.82) is 0 Å². The molecule has 0 saturated heterocycles. The molecule has 1 amide bonds. The van der Waals surface area contributed by atoms with Gasteiger partial charge >= 0.3 is 0 Å². The molecule has 6 heteroatoms. The zero-order valence-corrected chi connectivity index (χ0v) is 11.6. The van der Waals surface area contributed by atoms with E-state index in [-0.39, 0.29) is 17.7 Å². The first-order chi connectivity index (χ1) is 9.58. The lowest BCUT2D eigenvalue weighted by Crippen LogP contribution is -2.21. The summed E-state index contributed by atoms with van der Waals surface area (Å²) in [5, 5.41) is 2.92. The Labute approximate surface area is 121 Å². The van der Waals surface area contributed by atoms with E-state index in [0.717, 1.165) is 5.56 Å². The molecule has 0 atom stereocenters. The summed E-state index contributed by atoms with van der Waals surface area (Å²) in [5.74, 6) is 0.142. The zero-order valence-electron chi connectivity index (χ0n) is 10.9. The molecule has 20 heavy (non-hydrogen) atoms. The van der Waals surface area contributed by atoms with Crippen molar-refractivity contribution in [3.05, 3.63) is 47.2 Å². The Morgan fingerprint density at radius 3 is 2.85 bits per heavy atom. The maximum Gasteiger partial charge on any atom is 0.262 e. The number of amides is 1. The van der Waals surface area contributed by atoms with Gasteiger partial charge in [-0.1, -0.05) is 23.7 Å². The summed E-state index contributed by atoms with van der Waals surface area (Å²) in [6, 6.07) is 8.74. The number of hydrogen-bond acceptors (Lipinski definition) is 4. The summed E-state index contributed by atoms with van der Waals surface area (Å²) in [5.41, 5.74) is 7.52. The Hall–Kier alpha value is -2.27. The van der Waals surface area contributed by atoms with Crippen molar-refractivity contribution in [1.82, 2.24) is 4.98 Å². The van der Waals surface area contributed by atoms with Crippen molar-refractivity contribution in [2.45, 2.75) is 6.92 Å². The van der Waals surface area contributed by atoms with Crippen LogP contribution in [-0.4, -0.2) is 17.5 Å². The number of aryl methyl sites for hydroxylation is 1. The Morgan fingerprint density at radius 2 is 2.15 bits per heavy atom. The fourth-order valence-corrected chi connectivity index (χ4v) is 1.86. The van der Waals surface area contributed by atoms with Crippen molar-refractivity contribution < 1.29 is 9.53 Å². The van der Waals surface area contributed by atoms with Crippen molar-refractivity contribution in [3.8, 4) is 5.75 Å². The quantitative estimate of drug-likeness (QED) is 0.670. The number of nitrogen functional groups attached to an aromatic ring is 1. The SMILES string of the molecule is Cc1ccnc(Cl)c1NC(=O)COc1ccccc1N. The average Bonchev–Trinajstić information content (AvgIpc) is 2.42. The van der Waals surface area contributed by atoms with Gasteiger partial charge in [-0.3, -0.25) is 4.79 Å². The number of carbonyl (C=O) groups excluding carboxylic acids is 1. The second-order valence-corrected chi connectivity index (χ2v) is 4.53. The average molecular weight is 292 g/mol. The van der Waals surface area contributed by atoms with Gasteiger partial charge < -0.3 is 15.8 Å². The number of hydrogen-bond donors (Lipinski definition) is 2. The Morgan fingerprint density at radius 1 is 1.40 bits per heavy atom. The lowest BCUT2D eigenvalue weighted by atomic mass is 10.2. The van der Waals surface area contributed by atoms with Crippen LogP contribution in [0.2, 0.25) is 5.15 Å². The number of ether oxygens (including phenoxy) is 1. The van der Waals surface area contributed by atoms with Crippen molar-refractivity contribution in [3.63, 3.8) is 0 Å². The van der Waals surface area contributed by atoms with Gasteiger partial charge in [-0.2, -0.15) is 0 Å². The molecule has 2 aromatic rings. The normalized spacial score (nSPS) is 10.1. The molecule has 1 heterocycles. The van der Waals surface area contributed by atoms with Crippen molar-refractivity contribution >= 4 is 28.9 Å². The molecule has 5 nitrogen and oxygen atoms in total. The monoisotopic (exact) mass is 291 g/mol. The van der Waals surface area contributed by atoms with Gasteiger partial charge in [-0.25, -0.2) is 4.98 Å². The first-order valence-electron chi connectivity index (χ1n) is 5.96.